The second-order valence-corrected chi connectivity index (χ2v) is 10.9. The van der Waals surface area contributed by atoms with Gasteiger partial charge in [0.25, 0.3) is 11.1 Å². The standard InChI is InChI=1S/C29H27IN2O5S/c1-4-36-25-14-21(8-12-24(25)37-17-20-6-9-22(30)10-7-20)15-26-28(34)32(29(35)38-26)16-27(33)31-23-11-5-18(2)19(3)13-23/h5-15H,4,16-17H2,1-3H3,(H,31,33)/b26-15+. The summed E-state index contributed by atoms with van der Waals surface area (Å²) in [5.74, 6) is 0.176. The molecule has 0 saturated carbocycles. The highest BCUT2D eigenvalue weighted by atomic mass is 127. The number of imide groups is 1. The lowest BCUT2D eigenvalue weighted by atomic mass is 10.1. The fraction of sp³-hybridized carbons (Fsp3) is 0.207. The quantitative estimate of drug-likeness (QED) is 0.210. The maximum absolute atomic E-state index is 12.9. The summed E-state index contributed by atoms with van der Waals surface area (Å²) in [6.07, 6.45) is 1.62. The van der Waals surface area contributed by atoms with Crippen molar-refractivity contribution in [2.75, 3.05) is 18.5 Å². The molecule has 3 aromatic carbocycles. The van der Waals surface area contributed by atoms with Crippen LogP contribution in [0.15, 0.2) is 65.6 Å². The lowest BCUT2D eigenvalue weighted by molar-refractivity contribution is -0.127. The highest BCUT2D eigenvalue weighted by Gasteiger charge is 2.36. The first kappa shape index (κ1) is 27.7. The average molecular weight is 643 g/mol. The molecule has 1 saturated heterocycles. The molecule has 38 heavy (non-hydrogen) atoms. The Hall–Kier alpha value is -3.31. The number of halogens is 1. The van der Waals surface area contributed by atoms with Gasteiger partial charge in [-0.3, -0.25) is 19.3 Å². The number of carbonyl (C=O) groups excluding carboxylic acids is 3. The van der Waals surface area contributed by atoms with Gasteiger partial charge < -0.3 is 14.8 Å². The number of amides is 3. The molecule has 196 valence electrons. The normalized spacial score (nSPS) is 14.2. The van der Waals surface area contributed by atoms with E-state index in [4.69, 9.17) is 9.47 Å². The van der Waals surface area contributed by atoms with Gasteiger partial charge in [0.1, 0.15) is 13.2 Å². The van der Waals surface area contributed by atoms with Crippen LogP contribution in [0, 0.1) is 17.4 Å². The van der Waals surface area contributed by atoms with Gasteiger partial charge in [-0.05, 0) is 120 Å². The van der Waals surface area contributed by atoms with E-state index >= 15 is 0 Å². The predicted octanol–water partition coefficient (Wildman–Crippen LogP) is 6.56. The number of thioether (sulfide) groups is 1. The van der Waals surface area contributed by atoms with Crippen LogP contribution in [0.4, 0.5) is 10.5 Å². The van der Waals surface area contributed by atoms with Crippen LogP contribution in [-0.2, 0) is 16.2 Å². The monoisotopic (exact) mass is 642 g/mol. The molecular weight excluding hydrogens is 615 g/mol. The van der Waals surface area contributed by atoms with Crippen molar-refractivity contribution in [2.24, 2.45) is 0 Å². The zero-order valence-electron chi connectivity index (χ0n) is 21.2. The van der Waals surface area contributed by atoms with Crippen LogP contribution in [0.2, 0.25) is 0 Å². The molecule has 1 N–H and O–H groups in total. The second kappa shape index (κ2) is 12.5. The van der Waals surface area contributed by atoms with E-state index in [9.17, 15) is 14.4 Å². The molecule has 0 aliphatic carbocycles. The number of carbonyl (C=O) groups is 3. The summed E-state index contributed by atoms with van der Waals surface area (Å²) in [5.41, 5.74) is 4.48. The zero-order valence-corrected chi connectivity index (χ0v) is 24.2. The first-order valence-electron chi connectivity index (χ1n) is 12.0. The number of nitrogens with zero attached hydrogens (tertiary/aromatic N) is 1. The van der Waals surface area contributed by atoms with Gasteiger partial charge in [-0.25, -0.2) is 0 Å². The number of ether oxygens (including phenoxy) is 2. The van der Waals surface area contributed by atoms with Crippen LogP contribution in [-0.4, -0.2) is 35.1 Å². The van der Waals surface area contributed by atoms with Crippen LogP contribution in [0.5, 0.6) is 11.5 Å². The number of hydrogen-bond donors (Lipinski definition) is 1. The Bertz CT molecular complexity index is 1400. The molecule has 4 rings (SSSR count). The third-order valence-corrected chi connectivity index (χ3v) is 7.47. The summed E-state index contributed by atoms with van der Waals surface area (Å²) in [7, 11) is 0. The van der Waals surface area contributed by atoms with Gasteiger partial charge in [0.15, 0.2) is 11.5 Å². The van der Waals surface area contributed by atoms with E-state index in [0.29, 0.717) is 36.0 Å². The minimum atomic E-state index is -0.507. The molecule has 1 fully saturated rings. The lowest BCUT2D eigenvalue weighted by Gasteiger charge is -2.13. The number of aryl methyl sites for hydroxylation is 2. The van der Waals surface area contributed by atoms with Crippen LogP contribution >= 0.6 is 34.4 Å². The fourth-order valence-corrected chi connectivity index (χ4v) is 4.89. The first-order chi connectivity index (χ1) is 18.2. The summed E-state index contributed by atoms with van der Waals surface area (Å²) in [6.45, 7) is 6.28. The Morgan fingerprint density at radius 1 is 0.974 bits per heavy atom. The van der Waals surface area contributed by atoms with Crippen molar-refractivity contribution in [3.05, 3.63) is 91.4 Å². The van der Waals surface area contributed by atoms with Gasteiger partial charge >= 0.3 is 0 Å². The molecule has 0 radical (unpaired) electrons. The van der Waals surface area contributed by atoms with Crippen molar-refractivity contribution in [1.82, 2.24) is 4.90 Å². The van der Waals surface area contributed by atoms with Crippen LogP contribution in [0.3, 0.4) is 0 Å². The summed E-state index contributed by atoms with van der Waals surface area (Å²) in [4.78, 5) is 39.2. The Labute approximate surface area is 239 Å². The smallest absolute Gasteiger partial charge is 0.294 e. The molecule has 0 aromatic heterocycles. The van der Waals surface area contributed by atoms with Gasteiger partial charge in [-0.15, -0.1) is 0 Å². The van der Waals surface area contributed by atoms with Gasteiger partial charge in [0, 0.05) is 9.26 Å². The molecular formula is C29H27IN2O5S. The fourth-order valence-electron chi connectivity index (χ4n) is 3.69. The van der Waals surface area contributed by atoms with Gasteiger partial charge in [0.2, 0.25) is 5.91 Å². The maximum atomic E-state index is 12.9. The Morgan fingerprint density at radius 2 is 1.74 bits per heavy atom. The number of rotatable bonds is 9. The van der Waals surface area contributed by atoms with Crippen molar-refractivity contribution in [2.45, 2.75) is 27.4 Å². The van der Waals surface area contributed by atoms with Crippen LogP contribution in [0.1, 0.15) is 29.2 Å². The van der Waals surface area contributed by atoms with Gasteiger partial charge in [0.05, 0.1) is 11.5 Å². The SMILES string of the molecule is CCOc1cc(/C=C2/SC(=O)N(CC(=O)Nc3ccc(C)c(C)c3)C2=O)ccc1OCc1ccc(I)cc1. The molecule has 0 atom stereocenters. The first-order valence-corrected chi connectivity index (χ1v) is 13.9. The van der Waals surface area contributed by atoms with E-state index in [1.165, 1.54) is 0 Å². The molecule has 0 bridgehead atoms. The van der Waals surface area contributed by atoms with E-state index < -0.39 is 17.1 Å². The van der Waals surface area contributed by atoms with Crippen molar-refractivity contribution in [3.63, 3.8) is 0 Å². The van der Waals surface area contributed by atoms with Crippen molar-refractivity contribution in [1.29, 1.82) is 0 Å². The topological polar surface area (TPSA) is 84.9 Å². The van der Waals surface area contributed by atoms with Crippen molar-refractivity contribution >= 4 is 63.2 Å². The Kier molecular flexibility index (Phi) is 9.11. The largest absolute Gasteiger partial charge is 0.490 e. The molecule has 1 heterocycles. The third kappa shape index (κ3) is 6.96. The second-order valence-electron chi connectivity index (χ2n) is 8.67. The number of anilines is 1. The lowest BCUT2D eigenvalue weighted by Crippen LogP contribution is -2.36. The molecule has 3 aromatic rings. The Morgan fingerprint density at radius 3 is 2.45 bits per heavy atom. The molecule has 0 unspecified atom stereocenters. The highest BCUT2D eigenvalue weighted by Crippen LogP contribution is 2.35. The highest BCUT2D eigenvalue weighted by molar-refractivity contribution is 14.1. The van der Waals surface area contributed by atoms with Gasteiger partial charge in [-0.2, -0.15) is 0 Å². The zero-order chi connectivity index (χ0) is 27.2. The molecule has 0 spiro atoms. The summed E-state index contributed by atoms with van der Waals surface area (Å²) < 4.78 is 12.9. The van der Waals surface area contributed by atoms with E-state index in [1.807, 2.05) is 57.2 Å². The van der Waals surface area contributed by atoms with E-state index in [1.54, 1.807) is 30.3 Å². The minimum absolute atomic E-state index is 0.240. The van der Waals surface area contributed by atoms with Crippen molar-refractivity contribution < 1.29 is 23.9 Å². The summed E-state index contributed by atoms with van der Waals surface area (Å²) in [6, 6.07) is 19.0. The number of nitrogens with one attached hydrogen (secondary N) is 1. The molecule has 7 nitrogen and oxygen atoms in total. The van der Waals surface area contributed by atoms with E-state index in [-0.39, 0.29) is 11.4 Å². The predicted molar refractivity (Wildman–Crippen MR) is 158 cm³/mol. The summed E-state index contributed by atoms with van der Waals surface area (Å²) in [5, 5.41) is 2.27. The van der Waals surface area contributed by atoms with Crippen molar-refractivity contribution in [3.8, 4) is 11.5 Å². The number of benzene rings is 3. The minimum Gasteiger partial charge on any atom is -0.490 e. The van der Waals surface area contributed by atoms with Crippen LogP contribution in [0.25, 0.3) is 6.08 Å². The van der Waals surface area contributed by atoms with E-state index in [0.717, 1.165) is 36.9 Å². The Balaban J connectivity index is 1.44. The molecule has 3 amide bonds. The molecule has 1 aliphatic rings. The third-order valence-electron chi connectivity index (χ3n) is 5.84. The van der Waals surface area contributed by atoms with E-state index in [2.05, 4.69) is 27.9 Å². The maximum Gasteiger partial charge on any atom is 0.294 e. The number of hydrogen-bond acceptors (Lipinski definition) is 6. The molecule has 1 aliphatic heterocycles. The molecule has 9 heteroatoms. The summed E-state index contributed by atoms with van der Waals surface area (Å²) >= 11 is 3.06. The average Bonchev–Trinajstić information content (AvgIpc) is 3.14. The van der Waals surface area contributed by atoms with Gasteiger partial charge in [-0.1, -0.05) is 24.3 Å². The van der Waals surface area contributed by atoms with Crippen LogP contribution < -0.4 is 14.8 Å².